The third kappa shape index (κ3) is 5.94. The lowest BCUT2D eigenvalue weighted by atomic mass is 10.1. The predicted octanol–water partition coefficient (Wildman–Crippen LogP) is 3.40. The maximum atomic E-state index is 12.9. The summed E-state index contributed by atoms with van der Waals surface area (Å²) in [5, 5.41) is 0.191. The van der Waals surface area contributed by atoms with Crippen LogP contribution in [0.3, 0.4) is 0 Å². The lowest BCUT2D eigenvalue weighted by molar-refractivity contribution is -0.132. The van der Waals surface area contributed by atoms with E-state index in [0.29, 0.717) is 35.9 Å². The maximum absolute atomic E-state index is 12.9. The zero-order valence-electron chi connectivity index (χ0n) is 17.0. The van der Waals surface area contributed by atoms with Crippen LogP contribution in [0.1, 0.15) is 49.9 Å². The number of aromatic nitrogens is 2. The SMILES string of the molecule is CCCCC(Sc1nc(C)c(Cc2ccccc2)c(=O)n1C)C(=O)NOCC. The van der Waals surface area contributed by atoms with Crippen molar-refractivity contribution < 1.29 is 9.63 Å². The second kappa shape index (κ2) is 11.0. The van der Waals surface area contributed by atoms with Gasteiger partial charge in [0.05, 0.1) is 11.9 Å². The Morgan fingerprint density at radius 1 is 1.29 bits per heavy atom. The third-order valence-corrected chi connectivity index (χ3v) is 5.76. The van der Waals surface area contributed by atoms with E-state index in [1.165, 1.54) is 11.8 Å². The quantitative estimate of drug-likeness (QED) is 0.374. The van der Waals surface area contributed by atoms with Gasteiger partial charge in [0.15, 0.2) is 5.16 Å². The highest BCUT2D eigenvalue weighted by molar-refractivity contribution is 8.00. The molecule has 1 atom stereocenters. The minimum Gasteiger partial charge on any atom is -0.290 e. The summed E-state index contributed by atoms with van der Waals surface area (Å²) in [5.74, 6) is -0.194. The van der Waals surface area contributed by atoms with Crippen molar-refractivity contribution in [2.75, 3.05) is 6.61 Å². The number of amides is 1. The van der Waals surface area contributed by atoms with E-state index in [0.717, 1.165) is 18.4 Å². The Hall–Kier alpha value is -2.12. The summed E-state index contributed by atoms with van der Waals surface area (Å²) in [7, 11) is 1.71. The Morgan fingerprint density at radius 3 is 2.64 bits per heavy atom. The summed E-state index contributed by atoms with van der Waals surface area (Å²) in [6.45, 7) is 6.15. The molecule has 1 amide bonds. The van der Waals surface area contributed by atoms with Crippen molar-refractivity contribution in [1.29, 1.82) is 0 Å². The average molecular weight is 404 g/mol. The van der Waals surface area contributed by atoms with Crippen LogP contribution < -0.4 is 11.0 Å². The first-order chi connectivity index (χ1) is 13.5. The molecule has 2 aromatic rings. The molecule has 6 nitrogen and oxygen atoms in total. The van der Waals surface area contributed by atoms with Crippen molar-refractivity contribution in [1.82, 2.24) is 15.0 Å². The molecular weight excluding hydrogens is 374 g/mol. The fourth-order valence-electron chi connectivity index (χ4n) is 2.81. The largest absolute Gasteiger partial charge is 0.290 e. The van der Waals surface area contributed by atoms with E-state index in [1.54, 1.807) is 11.6 Å². The van der Waals surface area contributed by atoms with Crippen LogP contribution in [0.2, 0.25) is 0 Å². The highest BCUT2D eigenvalue weighted by Gasteiger charge is 2.23. The summed E-state index contributed by atoms with van der Waals surface area (Å²) in [5.41, 5.74) is 4.86. The van der Waals surface area contributed by atoms with Gasteiger partial charge in [-0.15, -0.1) is 0 Å². The Bertz CT molecular complexity index is 837. The molecule has 0 saturated heterocycles. The minimum absolute atomic E-state index is 0.0710. The molecular formula is C21H29N3O3S. The number of rotatable bonds is 10. The Kier molecular flexibility index (Phi) is 8.73. The molecule has 1 aromatic heterocycles. The summed E-state index contributed by atoms with van der Waals surface area (Å²) in [6, 6.07) is 9.88. The van der Waals surface area contributed by atoms with Crippen molar-refractivity contribution in [3.05, 3.63) is 57.5 Å². The van der Waals surface area contributed by atoms with E-state index in [9.17, 15) is 9.59 Å². The first-order valence-corrected chi connectivity index (χ1v) is 10.5. The molecule has 0 fully saturated rings. The zero-order valence-corrected chi connectivity index (χ0v) is 17.8. The molecule has 1 unspecified atom stereocenters. The molecule has 1 heterocycles. The van der Waals surface area contributed by atoms with Crippen molar-refractivity contribution in [3.63, 3.8) is 0 Å². The molecule has 2 rings (SSSR count). The Labute approximate surface area is 170 Å². The number of carbonyl (C=O) groups excluding carboxylic acids is 1. The van der Waals surface area contributed by atoms with Gasteiger partial charge in [-0.3, -0.25) is 19.0 Å². The molecule has 0 aliphatic rings. The van der Waals surface area contributed by atoms with E-state index < -0.39 is 0 Å². The number of hydrogen-bond donors (Lipinski definition) is 1. The van der Waals surface area contributed by atoms with Gasteiger partial charge in [0.25, 0.3) is 11.5 Å². The van der Waals surface area contributed by atoms with Gasteiger partial charge in [0.1, 0.15) is 0 Å². The van der Waals surface area contributed by atoms with Crippen molar-refractivity contribution in [2.24, 2.45) is 7.05 Å². The van der Waals surface area contributed by atoms with Gasteiger partial charge in [0, 0.05) is 24.7 Å². The molecule has 1 N–H and O–H groups in total. The second-order valence-electron chi connectivity index (χ2n) is 6.63. The fourth-order valence-corrected chi connectivity index (χ4v) is 3.93. The molecule has 0 bridgehead atoms. The molecule has 0 radical (unpaired) electrons. The zero-order chi connectivity index (χ0) is 20.5. The van der Waals surface area contributed by atoms with Crippen molar-refractivity contribution >= 4 is 17.7 Å². The molecule has 0 saturated carbocycles. The van der Waals surface area contributed by atoms with E-state index in [-0.39, 0.29) is 16.7 Å². The highest BCUT2D eigenvalue weighted by atomic mass is 32.2. The van der Waals surface area contributed by atoms with Gasteiger partial charge in [-0.1, -0.05) is 61.9 Å². The number of nitrogens with zero attached hydrogens (tertiary/aromatic N) is 2. The lowest BCUT2D eigenvalue weighted by Crippen LogP contribution is -2.34. The van der Waals surface area contributed by atoms with Crippen LogP contribution in [0.25, 0.3) is 0 Å². The summed E-state index contributed by atoms with van der Waals surface area (Å²) >= 11 is 1.32. The van der Waals surface area contributed by atoms with Gasteiger partial charge in [-0.2, -0.15) is 0 Å². The Morgan fingerprint density at radius 2 is 2.00 bits per heavy atom. The molecule has 28 heavy (non-hydrogen) atoms. The highest BCUT2D eigenvalue weighted by Crippen LogP contribution is 2.25. The van der Waals surface area contributed by atoms with Crippen molar-refractivity contribution in [2.45, 2.75) is 56.9 Å². The van der Waals surface area contributed by atoms with Crippen LogP contribution in [-0.2, 0) is 23.1 Å². The molecule has 0 spiro atoms. The standard InChI is InChI=1S/C21H29N3O3S/c1-5-7-13-18(19(25)23-27-6-2)28-21-22-15(3)17(20(26)24(21)4)14-16-11-9-8-10-12-16/h8-12,18H,5-7,13-14H2,1-4H3,(H,23,25). The summed E-state index contributed by atoms with van der Waals surface area (Å²) in [6.07, 6.45) is 3.14. The van der Waals surface area contributed by atoms with Crippen LogP contribution in [-0.4, -0.2) is 27.3 Å². The third-order valence-electron chi connectivity index (χ3n) is 4.45. The topological polar surface area (TPSA) is 73.2 Å². The number of thioether (sulfide) groups is 1. The van der Waals surface area contributed by atoms with Crippen molar-refractivity contribution in [3.8, 4) is 0 Å². The summed E-state index contributed by atoms with van der Waals surface area (Å²) < 4.78 is 1.54. The fraction of sp³-hybridized carbons (Fsp3) is 0.476. The number of nitrogens with one attached hydrogen (secondary N) is 1. The van der Waals surface area contributed by atoms with E-state index in [1.807, 2.05) is 44.2 Å². The van der Waals surface area contributed by atoms with E-state index in [2.05, 4.69) is 17.4 Å². The van der Waals surface area contributed by atoms with E-state index in [4.69, 9.17) is 4.84 Å². The molecule has 1 aromatic carbocycles. The first kappa shape index (κ1) is 22.2. The van der Waals surface area contributed by atoms with Crippen LogP contribution in [0, 0.1) is 6.92 Å². The maximum Gasteiger partial charge on any atom is 0.257 e. The van der Waals surface area contributed by atoms with Crippen LogP contribution >= 0.6 is 11.8 Å². The number of hydroxylamine groups is 1. The number of hydrogen-bond acceptors (Lipinski definition) is 5. The van der Waals surface area contributed by atoms with Gasteiger partial charge < -0.3 is 0 Å². The van der Waals surface area contributed by atoms with Crippen LogP contribution in [0.5, 0.6) is 0 Å². The normalized spacial score (nSPS) is 12.0. The molecule has 0 aliphatic carbocycles. The number of unbranched alkanes of at least 4 members (excludes halogenated alkanes) is 1. The molecule has 0 aliphatic heterocycles. The molecule has 152 valence electrons. The predicted molar refractivity (Wildman–Crippen MR) is 112 cm³/mol. The Balaban J connectivity index is 2.26. The average Bonchev–Trinajstić information content (AvgIpc) is 2.70. The summed E-state index contributed by atoms with van der Waals surface area (Å²) in [4.78, 5) is 35.1. The lowest BCUT2D eigenvalue weighted by Gasteiger charge is -2.18. The van der Waals surface area contributed by atoms with Gasteiger partial charge in [-0.25, -0.2) is 10.5 Å². The van der Waals surface area contributed by atoms with Gasteiger partial charge in [0.2, 0.25) is 0 Å². The smallest absolute Gasteiger partial charge is 0.257 e. The van der Waals surface area contributed by atoms with Crippen LogP contribution in [0.4, 0.5) is 0 Å². The van der Waals surface area contributed by atoms with E-state index >= 15 is 0 Å². The minimum atomic E-state index is -0.357. The second-order valence-corrected chi connectivity index (χ2v) is 7.80. The monoisotopic (exact) mass is 403 g/mol. The number of aryl methyl sites for hydroxylation is 1. The van der Waals surface area contributed by atoms with Crippen LogP contribution in [0.15, 0.2) is 40.3 Å². The number of benzene rings is 1. The molecule has 7 heteroatoms. The van der Waals surface area contributed by atoms with Gasteiger partial charge in [-0.05, 0) is 25.8 Å². The van der Waals surface area contributed by atoms with Gasteiger partial charge >= 0.3 is 0 Å². The first-order valence-electron chi connectivity index (χ1n) is 9.66. The number of carbonyl (C=O) groups is 1.